The minimum absolute atomic E-state index is 0.929. The zero-order valence-corrected chi connectivity index (χ0v) is 7.41. The van der Waals surface area contributed by atoms with Gasteiger partial charge in [0.25, 0.3) is 0 Å². The molecule has 1 aromatic rings. The van der Waals surface area contributed by atoms with Crippen LogP contribution in [-0.2, 0) is 0 Å². The molecule has 0 N–H and O–H groups in total. The molecule has 0 aliphatic carbocycles. The number of benzene rings is 1. The molecule has 0 nitrogen and oxygen atoms in total. The SMILES string of the molecule is ClC#Cc1ccc(Br)cc1. The molecule has 0 radical (unpaired) electrons. The second-order valence-corrected chi connectivity index (χ2v) is 2.83. The lowest BCUT2D eigenvalue weighted by Crippen LogP contribution is -1.70. The van der Waals surface area contributed by atoms with E-state index in [0.717, 1.165) is 10.0 Å². The molecule has 0 unspecified atom stereocenters. The molecule has 1 aromatic carbocycles. The summed E-state index contributed by atoms with van der Waals surface area (Å²) in [5, 5.41) is 2.31. The van der Waals surface area contributed by atoms with Gasteiger partial charge in [-0.25, -0.2) is 0 Å². The van der Waals surface area contributed by atoms with Crippen LogP contribution in [0, 0.1) is 11.3 Å². The molecule has 0 bridgehead atoms. The molecule has 0 fully saturated rings. The molecule has 0 atom stereocenters. The number of hydrogen-bond acceptors (Lipinski definition) is 0. The Morgan fingerprint density at radius 3 is 2.30 bits per heavy atom. The van der Waals surface area contributed by atoms with Crippen LogP contribution in [0.1, 0.15) is 5.56 Å². The Labute approximate surface area is 73.3 Å². The zero-order chi connectivity index (χ0) is 7.40. The summed E-state index contributed by atoms with van der Waals surface area (Å²) in [4.78, 5) is 0. The van der Waals surface area contributed by atoms with Crippen molar-refractivity contribution in [3.8, 4) is 11.3 Å². The summed E-state index contributed by atoms with van der Waals surface area (Å²) >= 11 is 8.52. The first-order valence-electron chi connectivity index (χ1n) is 2.70. The van der Waals surface area contributed by atoms with Crippen LogP contribution in [0.4, 0.5) is 0 Å². The van der Waals surface area contributed by atoms with E-state index in [1.54, 1.807) is 0 Å². The van der Waals surface area contributed by atoms with Gasteiger partial charge in [-0.3, -0.25) is 0 Å². The van der Waals surface area contributed by atoms with Crippen LogP contribution in [0.25, 0.3) is 0 Å². The Morgan fingerprint density at radius 1 is 1.20 bits per heavy atom. The van der Waals surface area contributed by atoms with Crippen LogP contribution in [-0.4, -0.2) is 0 Å². The van der Waals surface area contributed by atoms with Gasteiger partial charge < -0.3 is 0 Å². The summed E-state index contributed by atoms with van der Waals surface area (Å²) in [5.74, 6) is 2.73. The third-order valence-corrected chi connectivity index (χ3v) is 1.66. The lowest BCUT2D eigenvalue weighted by Gasteiger charge is -1.88. The summed E-state index contributed by atoms with van der Waals surface area (Å²) < 4.78 is 1.05. The Hall–Kier alpha value is -0.450. The maximum Gasteiger partial charge on any atom is 0.0258 e. The molecule has 2 heteroatoms. The van der Waals surface area contributed by atoms with Crippen LogP contribution in [0.2, 0.25) is 0 Å². The molecule has 1 rings (SSSR count). The molecule has 0 aromatic heterocycles. The third-order valence-electron chi connectivity index (χ3n) is 1.04. The van der Waals surface area contributed by atoms with Gasteiger partial charge in [0, 0.05) is 15.4 Å². The number of halogens is 2. The fraction of sp³-hybridized carbons (Fsp3) is 0. The van der Waals surface area contributed by atoms with Crippen LogP contribution < -0.4 is 0 Å². The van der Waals surface area contributed by atoms with E-state index in [2.05, 4.69) is 27.2 Å². The van der Waals surface area contributed by atoms with Crippen LogP contribution in [0.15, 0.2) is 28.7 Å². The van der Waals surface area contributed by atoms with E-state index in [1.165, 1.54) is 0 Å². The van der Waals surface area contributed by atoms with Crippen molar-refractivity contribution >= 4 is 27.5 Å². The summed E-state index contributed by atoms with van der Waals surface area (Å²) in [5.41, 5.74) is 0.929. The van der Waals surface area contributed by atoms with E-state index < -0.39 is 0 Å². The molecule has 10 heavy (non-hydrogen) atoms. The Bertz CT molecular complexity index is 266. The van der Waals surface area contributed by atoms with Crippen LogP contribution >= 0.6 is 27.5 Å². The normalized spacial score (nSPS) is 8.20. The summed E-state index contributed by atoms with van der Waals surface area (Å²) in [6, 6.07) is 7.66. The highest BCUT2D eigenvalue weighted by Gasteiger charge is 1.85. The van der Waals surface area contributed by atoms with Crippen molar-refractivity contribution in [1.82, 2.24) is 0 Å². The number of hydrogen-bond donors (Lipinski definition) is 0. The van der Waals surface area contributed by atoms with E-state index in [9.17, 15) is 0 Å². The first kappa shape index (κ1) is 7.65. The van der Waals surface area contributed by atoms with Crippen molar-refractivity contribution in [2.45, 2.75) is 0 Å². The van der Waals surface area contributed by atoms with Crippen LogP contribution in [0.3, 0.4) is 0 Å². The van der Waals surface area contributed by atoms with Gasteiger partial charge in [-0.1, -0.05) is 15.9 Å². The lowest BCUT2D eigenvalue weighted by atomic mass is 10.2. The molecule has 0 saturated carbocycles. The number of rotatable bonds is 0. The highest BCUT2D eigenvalue weighted by Crippen LogP contribution is 2.09. The molecule has 0 heterocycles. The average molecular weight is 215 g/mol. The van der Waals surface area contributed by atoms with Crippen molar-refractivity contribution in [3.63, 3.8) is 0 Å². The predicted octanol–water partition coefficient (Wildman–Crippen LogP) is 3.00. The maximum atomic E-state index is 5.20. The predicted molar refractivity (Wildman–Crippen MR) is 46.9 cm³/mol. The smallest absolute Gasteiger partial charge is 0.0258 e. The van der Waals surface area contributed by atoms with Gasteiger partial charge in [0.2, 0.25) is 0 Å². The molecule has 0 amide bonds. The van der Waals surface area contributed by atoms with E-state index in [4.69, 9.17) is 11.6 Å². The Morgan fingerprint density at radius 2 is 1.80 bits per heavy atom. The van der Waals surface area contributed by atoms with E-state index in [1.807, 2.05) is 24.3 Å². The standard InChI is InChI=1S/C8H4BrCl/c9-8-3-1-7(2-4-8)5-6-10/h1-4H. The summed E-state index contributed by atoms with van der Waals surface area (Å²) in [7, 11) is 0. The molecule has 0 aliphatic heterocycles. The van der Waals surface area contributed by atoms with Crippen molar-refractivity contribution < 1.29 is 0 Å². The maximum absolute atomic E-state index is 5.20. The first-order valence-corrected chi connectivity index (χ1v) is 3.87. The average Bonchev–Trinajstić information content (AvgIpc) is 1.95. The molecule has 50 valence electrons. The quantitative estimate of drug-likeness (QED) is 0.584. The van der Waals surface area contributed by atoms with Gasteiger partial charge >= 0.3 is 0 Å². The molecule has 0 spiro atoms. The molecular weight excluding hydrogens is 211 g/mol. The highest BCUT2D eigenvalue weighted by atomic mass is 79.9. The molecule has 0 aliphatic rings. The molecule has 0 saturated heterocycles. The Balaban J connectivity index is 2.97. The second-order valence-electron chi connectivity index (χ2n) is 1.73. The minimum atomic E-state index is 0.929. The van der Waals surface area contributed by atoms with Crippen LogP contribution in [0.5, 0.6) is 0 Å². The van der Waals surface area contributed by atoms with E-state index >= 15 is 0 Å². The van der Waals surface area contributed by atoms with Gasteiger partial charge in [0.1, 0.15) is 0 Å². The topological polar surface area (TPSA) is 0 Å². The minimum Gasteiger partial charge on any atom is -0.0508 e. The van der Waals surface area contributed by atoms with Gasteiger partial charge in [-0.15, -0.1) is 0 Å². The van der Waals surface area contributed by atoms with E-state index in [0.29, 0.717) is 0 Å². The highest BCUT2D eigenvalue weighted by molar-refractivity contribution is 9.10. The van der Waals surface area contributed by atoms with Crippen molar-refractivity contribution in [2.75, 3.05) is 0 Å². The largest absolute Gasteiger partial charge is 0.0508 e. The monoisotopic (exact) mass is 214 g/mol. The third kappa shape index (κ3) is 2.06. The summed E-state index contributed by atoms with van der Waals surface area (Å²) in [6.07, 6.45) is 0. The van der Waals surface area contributed by atoms with Gasteiger partial charge in [0.15, 0.2) is 0 Å². The lowest BCUT2D eigenvalue weighted by molar-refractivity contribution is 1.61. The first-order chi connectivity index (χ1) is 4.83. The van der Waals surface area contributed by atoms with Crippen molar-refractivity contribution in [2.24, 2.45) is 0 Å². The Kier molecular flexibility index (Phi) is 2.80. The summed E-state index contributed by atoms with van der Waals surface area (Å²) in [6.45, 7) is 0. The van der Waals surface area contributed by atoms with Crippen molar-refractivity contribution in [3.05, 3.63) is 34.3 Å². The second kappa shape index (κ2) is 3.65. The zero-order valence-electron chi connectivity index (χ0n) is 5.07. The fourth-order valence-corrected chi connectivity index (χ4v) is 0.961. The van der Waals surface area contributed by atoms with Gasteiger partial charge in [-0.2, -0.15) is 0 Å². The van der Waals surface area contributed by atoms with Crippen molar-refractivity contribution in [1.29, 1.82) is 0 Å². The molecular formula is C8H4BrCl. The van der Waals surface area contributed by atoms with Gasteiger partial charge in [-0.05, 0) is 41.8 Å². The van der Waals surface area contributed by atoms with Gasteiger partial charge in [0.05, 0.1) is 0 Å². The fourth-order valence-electron chi connectivity index (χ4n) is 0.588. The van der Waals surface area contributed by atoms with E-state index in [-0.39, 0.29) is 0 Å².